The van der Waals surface area contributed by atoms with Gasteiger partial charge in [0.25, 0.3) is 0 Å². The van der Waals surface area contributed by atoms with Gasteiger partial charge >= 0.3 is 0 Å². The van der Waals surface area contributed by atoms with Crippen molar-refractivity contribution in [1.29, 1.82) is 0 Å². The molecule has 0 N–H and O–H groups in total. The summed E-state index contributed by atoms with van der Waals surface area (Å²) in [5.74, 6) is 0. The highest BCUT2D eigenvalue weighted by Crippen LogP contribution is 2.29. The van der Waals surface area contributed by atoms with Crippen molar-refractivity contribution in [2.75, 3.05) is 13.1 Å². The molecule has 28 heavy (non-hydrogen) atoms. The molecule has 1 aliphatic rings. The summed E-state index contributed by atoms with van der Waals surface area (Å²) in [7, 11) is 1.97. The van der Waals surface area contributed by atoms with Gasteiger partial charge in [0.05, 0.1) is 21.9 Å². The molecule has 0 spiro atoms. The second-order valence-corrected chi connectivity index (χ2v) is 8.56. The van der Waals surface area contributed by atoms with Gasteiger partial charge < -0.3 is 0 Å². The van der Waals surface area contributed by atoms with E-state index in [1.165, 1.54) is 32.5 Å². The van der Waals surface area contributed by atoms with Crippen LogP contribution in [0, 0.1) is 0 Å². The summed E-state index contributed by atoms with van der Waals surface area (Å²) < 4.78 is 3.13. The number of aryl methyl sites for hydroxylation is 1. The van der Waals surface area contributed by atoms with E-state index in [2.05, 4.69) is 64.5 Å². The van der Waals surface area contributed by atoms with Gasteiger partial charge in [-0.3, -0.25) is 9.58 Å². The van der Waals surface area contributed by atoms with E-state index in [-0.39, 0.29) is 0 Å². The Balaban J connectivity index is 1.36. The summed E-state index contributed by atoms with van der Waals surface area (Å²) in [4.78, 5) is 7.10. The van der Waals surface area contributed by atoms with Gasteiger partial charge in [-0.2, -0.15) is 5.10 Å². The molecule has 1 atom stereocenters. The lowest BCUT2D eigenvalue weighted by atomic mass is 9.98. The van der Waals surface area contributed by atoms with Crippen LogP contribution in [-0.2, 0) is 19.9 Å². The lowest BCUT2D eigenvalue weighted by Crippen LogP contribution is -2.29. The number of fused-ring (bicyclic) bond motifs is 2. The van der Waals surface area contributed by atoms with Gasteiger partial charge in [-0.15, -0.1) is 11.3 Å². The first-order valence-corrected chi connectivity index (χ1v) is 10.7. The second kappa shape index (κ2) is 7.15. The molecule has 142 valence electrons. The number of aromatic nitrogens is 3. The first-order valence-electron chi connectivity index (χ1n) is 9.85. The van der Waals surface area contributed by atoms with Crippen LogP contribution in [-0.4, -0.2) is 32.8 Å². The maximum atomic E-state index is 4.49. The van der Waals surface area contributed by atoms with E-state index < -0.39 is 0 Å². The van der Waals surface area contributed by atoms with Crippen molar-refractivity contribution in [1.82, 2.24) is 19.7 Å². The minimum Gasteiger partial charge on any atom is -0.296 e. The molecule has 0 aliphatic carbocycles. The molecule has 0 unspecified atom stereocenters. The molecule has 5 rings (SSSR count). The lowest BCUT2D eigenvalue weighted by Gasteiger charge is -2.28. The number of hydrogen-bond acceptors (Lipinski definition) is 4. The van der Waals surface area contributed by atoms with Crippen molar-refractivity contribution in [3.05, 3.63) is 71.0 Å². The first kappa shape index (κ1) is 17.6. The summed E-state index contributed by atoms with van der Waals surface area (Å²) in [6.07, 6.45) is 6.22. The predicted octanol–water partition coefficient (Wildman–Crippen LogP) is 4.86. The molecule has 0 saturated heterocycles. The highest BCUT2D eigenvalue weighted by atomic mass is 32.1. The van der Waals surface area contributed by atoms with Crippen LogP contribution in [0.1, 0.15) is 29.7 Å². The Labute approximate surface area is 169 Å². The van der Waals surface area contributed by atoms with Crippen molar-refractivity contribution in [3.8, 4) is 11.1 Å². The summed E-state index contributed by atoms with van der Waals surface area (Å²) >= 11 is 1.71. The Morgan fingerprint density at radius 2 is 1.86 bits per heavy atom. The van der Waals surface area contributed by atoms with E-state index in [0.717, 1.165) is 31.4 Å². The van der Waals surface area contributed by atoms with Gasteiger partial charge in [-0.1, -0.05) is 24.3 Å². The fourth-order valence-corrected chi connectivity index (χ4v) is 4.88. The van der Waals surface area contributed by atoms with Crippen molar-refractivity contribution < 1.29 is 0 Å². The Morgan fingerprint density at radius 3 is 2.68 bits per heavy atom. The molecule has 2 aromatic carbocycles. The zero-order chi connectivity index (χ0) is 19.1. The third-order valence-corrected chi connectivity index (χ3v) is 6.78. The first-order chi connectivity index (χ1) is 13.7. The van der Waals surface area contributed by atoms with Gasteiger partial charge in [0, 0.05) is 37.9 Å². The van der Waals surface area contributed by atoms with Gasteiger partial charge in [0.15, 0.2) is 0 Å². The fraction of sp³-hybridized carbons (Fsp3) is 0.304. The van der Waals surface area contributed by atoms with Crippen LogP contribution in [0.25, 0.3) is 21.3 Å². The Morgan fingerprint density at radius 1 is 1.00 bits per heavy atom. The van der Waals surface area contributed by atoms with Crippen LogP contribution in [0.4, 0.5) is 0 Å². The largest absolute Gasteiger partial charge is 0.296 e. The number of benzene rings is 2. The molecule has 0 bridgehead atoms. The Kier molecular flexibility index (Phi) is 4.49. The second-order valence-electron chi connectivity index (χ2n) is 7.68. The van der Waals surface area contributed by atoms with Crippen molar-refractivity contribution >= 4 is 21.6 Å². The maximum Gasteiger partial charge on any atom is 0.0815 e. The molecule has 3 heterocycles. The standard InChI is InChI=1S/C23H24N4S/c1-16(18-5-6-23-22(12-18)24-15-28-23)27-9-7-17-3-4-19(11-20(17)8-10-27)21-13-25-26(2)14-21/h3-6,11-16H,7-10H2,1-2H3/t16-/m0/s1. The molecule has 5 heteroatoms. The molecule has 0 amide bonds. The van der Waals surface area contributed by atoms with Crippen molar-refractivity contribution in [3.63, 3.8) is 0 Å². The normalized spacial score (nSPS) is 16.1. The summed E-state index contributed by atoms with van der Waals surface area (Å²) in [6.45, 7) is 4.50. The number of rotatable bonds is 3. The molecule has 2 aromatic heterocycles. The van der Waals surface area contributed by atoms with Crippen LogP contribution in [0.2, 0.25) is 0 Å². The molecule has 0 saturated carbocycles. The Bertz CT molecular complexity index is 1130. The van der Waals surface area contributed by atoms with E-state index in [4.69, 9.17) is 0 Å². The molecule has 0 fully saturated rings. The quantitative estimate of drug-likeness (QED) is 0.503. The molecule has 4 aromatic rings. The van der Waals surface area contributed by atoms with E-state index in [9.17, 15) is 0 Å². The summed E-state index contributed by atoms with van der Waals surface area (Å²) in [5.41, 5.74) is 9.83. The van der Waals surface area contributed by atoms with Crippen LogP contribution >= 0.6 is 11.3 Å². The van der Waals surface area contributed by atoms with Gasteiger partial charge in [0.1, 0.15) is 0 Å². The average molecular weight is 389 g/mol. The molecule has 4 nitrogen and oxygen atoms in total. The van der Waals surface area contributed by atoms with E-state index in [1.807, 2.05) is 23.4 Å². The summed E-state index contributed by atoms with van der Waals surface area (Å²) in [5, 5.41) is 4.31. The van der Waals surface area contributed by atoms with E-state index in [1.54, 1.807) is 11.3 Å². The summed E-state index contributed by atoms with van der Waals surface area (Å²) in [6, 6.07) is 14.1. The predicted molar refractivity (Wildman–Crippen MR) is 116 cm³/mol. The maximum absolute atomic E-state index is 4.49. The van der Waals surface area contributed by atoms with Gasteiger partial charge in [0.2, 0.25) is 0 Å². The van der Waals surface area contributed by atoms with Crippen LogP contribution in [0.3, 0.4) is 0 Å². The van der Waals surface area contributed by atoms with Crippen LogP contribution < -0.4 is 0 Å². The number of thiazole rings is 1. The minimum atomic E-state index is 0.401. The average Bonchev–Trinajstić information content (AvgIpc) is 3.30. The highest BCUT2D eigenvalue weighted by molar-refractivity contribution is 7.16. The number of hydrogen-bond donors (Lipinski definition) is 0. The zero-order valence-corrected chi connectivity index (χ0v) is 17.1. The van der Waals surface area contributed by atoms with Gasteiger partial charge in [-0.05, 0) is 54.2 Å². The SMILES string of the molecule is C[C@@H](c1ccc2scnc2c1)N1CCc2ccc(-c3cnn(C)c3)cc2CC1. The third-order valence-electron chi connectivity index (χ3n) is 5.97. The van der Waals surface area contributed by atoms with Gasteiger partial charge in [-0.25, -0.2) is 4.98 Å². The van der Waals surface area contributed by atoms with E-state index >= 15 is 0 Å². The van der Waals surface area contributed by atoms with Crippen LogP contribution in [0.15, 0.2) is 54.3 Å². The topological polar surface area (TPSA) is 34.0 Å². The molecular weight excluding hydrogens is 364 g/mol. The van der Waals surface area contributed by atoms with Crippen molar-refractivity contribution in [2.45, 2.75) is 25.8 Å². The lowest BCUT2D eigenvalue weighted by molar-refractivity contribution is 0.221. The molecule has 1 aliphatic heterocycles. The zero-order valence-electron chi connectivity index (χ0n) is 16.3. The molecular formula is C23H24N4S. The van der Waals surface area contributed by atoms with Crippen LogP contribution in [0.5, 0.6) is 0 Å². The Hall–Kier alpha value is -2.50. The third kappa shape index (κ3) is 3.25. The monoisotopic (exact) mass is 388 g/mol. The smallest absolute Gasteiger partial charge is 0.0815 e. The fourth-order valence-electron chi connectivity index (χ4n) is 4.23. The van der Waals surface area contributed by atoms with Crippen molar-refractivity contribution in [2.24, 2.45) is 7.05 Å². The highest BCUT2D eigenvalue weighted by Gasteiger charge is 2.20. The molecule has 0 radical (unpaired) electrons. The minimum absolute atomic E-state index is 0.401. The number of nitrogens with zero attached hydrogens (tertiary/aromatic N) is 4. The van der Waals surface area contributed by atoms with E-state index in [0.29, 0.717) is 6.04 Å².